The number of aromatic nitrogens is 2. The van der Waals surface area contributed by atoms with Gasteiger partial charge in [0.1, 0.15) is 5.82 Å². The third kappa shape index (κ3) is 3.16. The third-order valence-corrected chi connectivity index (χ3v) is 4.12. The number of piperidine rings is 1. The van der Waals surface area contributed by atoms with E-state index in [1.54, 1.807) is 12.3 Å². The molecule has 1 aromatic heterocycles. The lowest BCUT2D eigenvalue weighted by Gasteiger charge is -2.25. The number of alkyl halides is 3. The van der Waals surface area contributed by atoms with Gasteiger partial charge in [-0.05, 0) is 37.6 Å². The summed E-state index contributed by atoms with van der Waals surface area (Å²) in [5.41, 5.74) is -0.300. The molecule has 1 aliphatic rings. The molecule has 0 spiro atoms. The maximum atomic E-state index is 13.1. The zero-order chi connectivity index (χ0) is 15.6. The molecule has 0 atom stereocenters. The first kappa shape index (κ1) is 15.1. The van der Waals surface area contributed by atoms with E-state index in [2.05, 4.69) is 10.3 Å². The highest BCUT2D eigenvalue weighted by Gasteiger charge is 2.33. The summed E-state index contributed by atoms with van der Waals surface area (Å²) in [7, 11) is 0. The van der Waals surface area contributed by atoms with Crippen LogP contribution < -0.4 is 5.32 Å². The van der Waals surface area contributed by atoms with Crippen molar-refractivity contribution >= 4 is 0 Å². The molecule has 22 heavy (non-hydrogen) atoms. The van der Waals surface area contributed by atoms with E-state index in [4.69, 9.17) is 0 Å². The first-order valence-electron chi connectivity index (χ1n) is 7.43. The van der Waals surface area contributed by atoms with Gasteiger partial charge in [0.2, 0.25) is 0 Å². The van der Waals surface area contributed by atoms with Crippen molar-refractivity contribution in [1.82, 2.24) is 14.9 Å². The Morgan fingerprint density at radius 3 is 2.64 bits per heavy atom. The van der Waals surface area contributed by atoms with Crippen molar-refractivity contribution in [3.05, 3.63) is 53.6 Å². The lowest BCUT2D eigenvalue weighted by Crippen LogP contribution is -2.30. The van der Waals surface area contributed by atoms with Gasteiger partial charge < -0.3 is 9.88 Å². The van der Waals surface area contributed by atoms with Crippen LogP contribution in [0.4, 0.5) is 13.2 Å². The SMILES string of the molecule is FC(F)(F)c1ccccc1Cc1nccn1C1CCNCC1. The molecule has 3 rings (SSSR count). The molecule has 0 amide bonds. The standard InChI is InChI=1S/C16H18F3N3/c17-16(18,19)14-4-2-1-3-12(14)11-15-21-9-10-22(15)13-5-7-20-8-6-13/h1-4,9-10,13,20H,5-8,11H2. The molecule has 1 N–H and O–H groups in total. The molecule has 3 nitrogen and oxygen atoms in total. The maximum absolute atomic E-state index is 13.1. The first-order chi connectivity index (χ1) is 10.6. The van der Waals surface area contributed by atoms with Gasteiger partial charge in [0.15, 0.2) is 0 Å². The molecule has 0 radical (unpaired) electrons. The summed E-state index contributed by atoms with van der Waals surface area (Å²) in [6.45, 7) is 1.86. The highest BCUT2D eigenvalue weighted by Crippen LogP contribution is 2.33. The summed E-state index contributed by atoms with van der Waals surface area (Å²) in [6.07, 6.45) is 1.37. The van der Waals surface area contributed by atoms with Crippen molar-refractivity contribution in [3.63, 3.8) is 0 Å². The molecular formula is C16H18F3N3. The average molecular weight is 309 g/mol. The number of nitrogens with zero attached hydrogens (tertiary/aromatic N) is 2. The monoisotopic (exact) mass is 309 g/mol. The molecule has 6 heteroatoms. The summed E-state index contributed by atoms with van der Waals surface area (Å²) in [4.78, 5) is 4.29. The van der Waals surface area contributed by atoms with Crippen molar-refractivity contribution in [2.24, 2.45) is 0 Å². The molecule has 0 unspecified atom stereocenters. The molecule has 2 aromatic rings. The molecule has 0 bridgehead atoms. The largest absolute Gasteiger partial charge is 0.416 e. The third-order valence-electron chi connectivity index (χ3n) is 4.12. The Morgan fingerprint density at radius 1 is 1.18 bits per heavy atom. The topological polar surface area (TPSA) is 29.9 Å². The lowest BCUT2D eigenvalue weighted by atomic mass is 10.0. The number of rotatable bonds is 3. The van der Waals surface area contributed by atoms with Crippen LogP contribution in [0, 0.1) is 0 Å². The zero-order valence-electron chi connectivity index (χ0n) is 12.1. The van der Waals surface area contributed by atoms with Crippen LogP contribution in [0.3, 0.4) is 0 Å². The van der Waals surface area contributed by atoms with Gasteiger partial charge in [0, 0.05) is 24.9 Å². The predicted octanol–water partition coefficient (Wildman–Crippen LogP) is 3.42. The average Bonchev–Trinajstić information content (AvgIpc) is 2.96. The van der Waals surface area contributed by atoms with Crippen molar-refractivity contribution in [1.29, 1.82) is 0 Å². The van der Waals surface area contributed by atoms with E-state index in [-0.39, 0.29) is 12.0 Å². The Kier molecular flexibility index (Phi) is 4.20. The smallest absolute Gasteiger partial charge is 0.332 e. The Labute approximate surface area is 127 Å². The minimum Gasteiger partial charge on any atom is -0.332 e. The fourth-order valence-electron chi connectivity index (χ4n) is 3.02. The Morgan fingerprint density at radius 2 is 1.91 bits per heavy atom. The molecule has 2 heterocycles. The fraction of sp³-hybridized carbons (Fsp3) is 0.438. The number of nitrogens with one attached hydrogen (secondary N) is 1. The summed E-state index contributed by atoms with van der Waals surface area (Å²) < 4.78 is 41.3. The number of hydrogen-bond donors (Lipinski definition) is 1. The van der Waals surface area contributed by atoms with E-state index >= 15 is 0 Å². The molecule has 0 aliphatic carbocycles. The summed E-state index contributed by atoms with van der Waals surface area (Å²) >= 11 is 0. The van der Waals surface area contributed by atoms with Crippen LogP contribution in [0.15, 0.2) is 36.7 Å². The molecule has 1 fully saturated rings. The normalized spacial score (nSPS) is 16.9. The first-order valence-corrected chi connectivity index (χ1v) is 7.43. The fourth-order valence-corrected chi connectivity index (χ4v) is 3.02. The maximum Gasteiger partial charge on any atom is 0.416 e. The molecule has 0 saturated carbocycles. The lowest BCUT2D eigenvalue weighted by molar-refractivity contribution is -0.138. The quantitative estimate of drug-likeness (QED) is 0.941. The van der Waals surface area contributed by atoms with E-state index in [9.17, 15) is 13.2 Å². The van der Waals surface area contributed by atoms with Gasteiger partial charge in [-0.15, -0.1) is 0 Å². The summed E-state index contributed by atoms with van der Waals surface area (Å²) in [6, 6.07) is 6.04. The molecule has 1 aromatic carbocycles. The van der Waals surface area contributed by atoms with Crippen LogP contribution in [-0.2, 0) is 12.6 Å². The number of imidazole rings is 1. The number of hydrogen-bond acceptors (Lipinski definition) is 2. The number of halogens is 3. The van der Waals surface area contributed by atoms with Crippen LogP contribution in [0.2, 0.25) is 0 Å². The van der Waals surface area contributed by atoms with Crippen molar-refractivity contribution < 1.29 is 13.2 Å². The predicted molar refractivity (Wildman–Crippen MR) is 77.6 cm³/mol. The van der Waals surface area contributed by atoms with E-state index in [0.717, 1.165) is 32.0 Å². The van der Waals surface area contributed by atoms with Crippen molar-refractivity contribution in [2.45, 2.75) is 31.5 Å². The van der Waals surface area contributed by atoms with Crippen LogP contribution in [0.1, 0.15) is 35.8 Å². The summed E-state index contributed by atoms with van der Waals surface area (Å²) in [5.74, 6) is 0.698. The Balaban J connectivity index is 1.87. The van der Waals surface area contributed by atoms with Crippen LogP contribution in [-0.4, -0.2) is 22.6 Å². The van der Waals surface area contributed by atoms with Gasteiger partial charge in [0.05, 0.1) is 5.56 Å². The van der Waals surface area contributed by atoms with Gasteiger partial charge in [-0.1, -0.05) is 18.2 Å². The Hall–Kier alpha value is -1.82. The highest BCUT2D eigenvalue weighted by molar-refractivity contribution is 5.32. The van der Waals surface area contributed by atoms with E-state index < -0.39 is 11.7 Å². The van der Waals surface area contributed by atoms with Gasteiger partial charge in [-0.2, -0.15) is 13.2 Å². The van der Waals surface area contributed by atoms with E-state index in [0.29, 0.717) is 11.9 Å². The summed E-state index contributed by atoms with van der Waals surface area (Å²) in [5, 5.41) is 3.29. The minimum absolute atomic E-state index is 0.201. The second-order valence-electron chi connectivity index (χ2n) is 5.56. The van der Waals surface area contributed by atoms with Gasteiger partial charge in [-0.25, -0.2) is 4.98 Å². The molecule has 118 valence electrons. The zero-order valence-corrected chi connectivity index (χ0v) is 12.1. The van der Waals surface area contributed by atoms with Gasteiger partial charge >= 0.3 is 6.18 Å². The van der Waals surface area contributed by atoms with Gasteiger partial charge in [-0.3, -0.25) is 0 Å². The number of benzene rings is 1. The van der Waals surface area contributed by atoms with E-state index in [1.807, 2.05) is 10.8 Å². The molecule has 1 saturated heterocycles. The van der Waals surface area contributed by atoms with Crippen LogP contribution >= 0.6 is 0 Å². The minimum atomic E-state index is -4.33. The Bertz CT molecular complexity index is 628. The van der Waals surface area contributed by atoms with E-state index in [1.165, 1.54) is 12.1 Å². The van der Waals surface area contributed by atoms with Crippen LogP contribution in [0.25, 0.3) is 0 Å². The second kappa shape index (κ2) is 6.12. The van der Waals surface area contributed by atoms with Crippen LogP contribution in [0.5, 0.6) is 0 Å². The van der Waals surface area contributed by atoms with Gasteiger partial charge in [0.25, 0.3) is 0 Å². The van der Waals surface area contributed by atoms with Crippen molar-refractivity contribution in [3.8, 4) is 0 Å². The molecule has 1 aliphatic heterocycles. The van der Waals surface area contributed by atoms with Crippen molar-refractivity contribution in [2.75, 3.05) is 13.1 Å². The highest BCUT2D eigenvalue weighted by atomic mass is 19.4. The second-order valence-corrected chi connectivity index (χ2v) is 5.56. The molecular weight excluding hydrogens is 291 g/mol.